The molecule has 0 aliphatic rings. The van der Waals surface area contributed by atoms with Crippen molar-refractivity contribution < 1.29 is 0 Å². The van der Waals surface area contributed by atoms with Gasteiger partial charge in [0.25, 0.3) is 0 Å². The molecule has 112 valence electrons. The Kier molecular flexibility index (Phi) is 6.46. The van der Waals surface area contributed by atoms with Crippen molar-refractivity contribution in [1.82, 2.24) is 0 Å². The van der Waals surface area contributed by atoms with Crippen LogP contribution in [0, 0.1) is 0 Å². The van der Waals surface area contributed by atoms with Gasteiger partial charge in [-0.1, -0.05) is 84.9 Å². The van der Waals surface area contributed by atoms with E-state index in [0.29, 0.717) is 5.88 Å². The van der Waals surface area contributed by atoms with E-state index in [1.54, 1.807) is 0 Å². The lowest BCUT2D eigenvalue weighted by Crippen LogP contribution is -2.22. The second kappa shape index (κ2) is 8.34. The summed E-state index contributed by atoms with van der Waals surface area (Å²) < 4.78 is 0. The minimum atomic E-state index is -0.557. The highest BCUT2D eigenvalue weighted by Crippen LogP contribution is 2.34. The zero-order chi connectivity index (χ0) is 14.5. The van der Waals surface area contributed by atoms with Gasteiger partial charge >= 0.3 is 0 Å². The standard InChI is InChI=1S/C19H16ClP.ClH/c20-15-16-9-7-8-14-19(16)21(17-10-3-1-4-11-17)18-12-5-2-6-13-18;/h1-14H,15H2;1H. The van der Waals surface area contributed by atoms with Crippen molar-refractivity contribution in [2.24, 2.45) is 0 Å². The molecular formula is C19H17Cl2P. The van der Waals surface area contributed by atoms with E-state index in [4.69, 9.17) is 11.6 Å². The molecule has 0 heterocycles. The van der Waals surface area contributed by atoms with E-state index in [1.807, 2.05) is 0 Å². The molecule has 0 nitrogen and oxygen atoms in total. The van der Waals surface area contributed by atoms with Crippen molar-refractivity contribution in [2.45, 2.75) is 5.88 Å². The second-order valence-electron chi connectivity index (χ2n) is 4.77. The van der Waals surface area contributed by atoms with Gasteiger partial charge in [-0.3, -0.25) is 0 Å². The topological polar surface area (TPSA) is 0 Å². The normalized spacial score (nSPS) is 10.3. The highest BCUT2D eigenvalue weighted by molar-refractivity contribution is 7.79. The molecule has 3 rings (SSSR count). The van der Waals surface area contributed by atoms with Crippen LogP contribution in [0.3, 0.4) is 0 Å². The molecule has 0 unspecified atom stereocenters. The van der Waals surface area contributed by atoms with Crippen LogP contribution < -0.4 is 15.9 Å². The molecule has 0 radical (unpaired) electrons. The first kappa shape index (κ1) is 17.0. The van der Waals surface area contributed by atoms with Gasteiger partial charge in [-0.25, -0.2) is 0 Å². The maximum Gasteiger partial charge on any atom is 0.0480 e. The Balaban J connectivity index is 0.00000176. The fourth-order valence-electron chi connectivity index (χ4n) is 2.42. The lowest BCUT2D eigenvalue weighted by molar-refractivity contribution is 1.44. The quantitative estimate of drug-likeness (QED) is 0.478. The van der Waals surface area contributed by atoms with E-state index < -0.39 is 7.92 Å². The SMILES string of the molecule is Cl.ClCc1ccccc1P(c1ccccc1)c1ccccc1. The molecule has 0 bridgehead atoms. The third kappa shape index (κ3) is 3.70. The molecule has 0 aliphatic heterocycles. The Morgan fingerprint density at radius 2 is 1.09 bits per heavy atom. The highest BCUT2D eigenvalue weighted by Gasteiger charge is 2.18. The molecule has 0 atom stereocenters. The molecule has 22 heavy (non-hydrogen) atoms. The molecule has 0 fully saturated rings. The summed E-state index contributed by atoms with van der Waals surface area (Å²) in [5.41, 5.74) is 1.22. The van der Waals surface area contributed by atoms with Gasteiger partial charge in [-0.2, -0.15) is 0 Å². The molecule has 3 heteroatoms. The minimum absolute atomic E-state index is 0. The summed E-state index contributed by atoms with van der Waals surface area (Å²) >= 11 is 6.16. The Hall–Kier alpha value is -1.33. The Morgan fingerprint density at radius 3 is 1.59 bits per heavy atom. The highest BCUT2D eigenvalue weighted by atomic mass is 35.5. The number of rotatable bonds is 4. The Labute approximate surface area is 144 Å². The maximum absolute atomic E-state index is 6.16. The van der Waals surface area contributed by atoms with Crippen LogP contribution in [0.25, 0.3) is 0 Å². The van der Waals surface area contributed by atoms with Crippen LogP contribution in [0.4, 0.5) is 0 Å². The first-order chi connectivity index (χ1) is 10.4. The van der Waals surface area contributed by atoms with Crippen LogP contribution in [0.5, 0.6) is 0 Å². The van der Waals surface area contributed by atoms with Gasteiger partial charge in [0.05, 0.1) is 0 Å². The van der Waals surface area contributed by atoms with E-state index in [-0.39, 0.29) is 12.4 Å². The largest absolute Gasteiger partial charge is 0.147 e. The average molecular weight is 347 g/mol. The minimum Gasteiger partial charge on any atom is -0.147 e. The molecule has 0 N–H and O–H groups in total. The summed E-state index contributed by atoms with van der Waals surface area (Å²) in [5, 5.41) is 4.06. The van der Waals surface area contributed by atoms with Crippen LogP contribution in [0.1, 0.15) is 5.56 Å². The van der Waals surface area contributed by atoms with Crippen LogP contribution in [0.15, 0.2) is 84.9 Å². The number of hydrogen-bond donors (Lipinski definition) is 0. The fourth-order valence-corrected chi connectivity index (χ4v) is 5.22. The molecule has 3 aromatic rings. The van der Waals surface area contributed by atoms with E-state index in [0.717, 1.165) is 0 Å². The second-order valence-corrected chi connectivity index (χ2v) is 7.22. The van der Waals surface area contributed by atoms with Crippen molar-refractivity contribution in [2.75, 3.05) is 0 Å². The Bertz CT molecular complexity index is 659. The average Bonchev–Trinajstić information content (AvgIpc) is 2.58. The lowest BCUT2D eigenvalue weighted by atomic mass is 10.2. The van der Waals surface area contributed by atoms with E-state index in [9.17, 15) is 0 Å². The monoisotopic (exact) mass is 346 g/mol. The molecule has 0 aliphatic carbocycles. The van der Waals surface area contributed by atoms with E-state index in [2.05, 4.69) is 84.9 Å². The maximum atomic E-state index is 6.16. The zero-order valence-electron chi connectivity index (χ0n) is 12.0. The molecular weight excluding hydrogens is 330 g/mol. The first-order valence-electron chi connectivity index (χ1n) is 6.94. The Morgan fingerprint density at radius 1 is 0.636 bits per heavy atom. The van der Waals surface area contributed by atoms with Crippen molar-refractivity contribution in [3.8, 4) is 0 Å². The summed E-state index contributed by atoms with van der Waals surface area (Å²) in [6.45, 7) is 0. The number of hydrogen-bond acceptors (Lipinski definition) is 0. The summed E-state index contributed by atoms with van der Waals surface area (Å²) in [6.07, 6.45) is 0. The summed E-state index contributed by atoms with van der Waals surface area (Å²) in [6, 6.07) is 29.9. The van der Waals surface area contributed by atoms with Crippen molar-refractivity contribution in [3.05, 3.63) is 90.5 Å². The summed E-state index contributed by atoms with van der Waals surface area (Å²) in [7, 11) is -0.557. The third-order valence-electron chi connectivity index (χ3n) is 3.41. The molecule has 0 spiro atoms. The lowest BCUT2D eigenvalue weighted by Gasteiger charge is -2.21. The molecule has 0 saturated carbocycles. The predicted octanol–water partition coefficient (Wildman–Crippen LogP) is 4.61. The van der Waals surface area contributed by atoms with Crippen LogP contribution in [-0.2, 0) is 5.88 Å². The molecule has 0 saturated heterocycles. The summed E-state index contributed by atoms with van der Waals surface area (Å²) in [4.78, 5) is 0. The molecule has 0 amide bonds. The molecule has 3 aromatic carbocycles. The third-order valence-corrected chi connectivity index (χ3v) is 6.24. The van der Waals surface area contributed by atoms with Gasteiger partial charge in [0.15, 0.2) is 0 Å². The predicted molar refractivity (Wildman–Crippen MR) is 102 cm³/mol. The van der Waals surface area contributed by atoms with Crippen LogP contribution >= 0.6 is 31.9 Å². The smallest absolute Gasteiger partial charge is 0.0480 e. The first-order valence-corrected chi connectivity index (χ1v) is 8.82. The van der Waals surface area contributed by atoms with Crippen molar-refractivity contribution in [1.29, 1.82) is 0 Å². The van der Waals surface area contributed by atoms with Crippen LogP contribution in [0.2, 0.25) is 0 Å². The number of benzene rings is 3. The van der Waals surface area contributed by atoms with Gasteiger partial charge in [0.2, 0.25) is 0 Å². The number of halogens is 2. The molecule has 0 aromatic heterocycles. The van der Waals surface area contributed by atoms with Gasteiger partial charge in [-0.15, -0.1) is 24.0 Å². The van der Waals surface area contributed by atoms with Gasteiger partial charge in [0, 0.05) is 5.88 Å². The number of alkyl halides is 1. The fraction of sp³-hybridized carbons (Fsp3) is 0.0526. The van der Waals surface area contributed by atoms with Gasteiger partial charge < -0.3 is 0 Å². The van der Waals surface area contributed by atoms with Gasteiger partial charge in [0.1, 0.15) is 0 Å². The van der Waals surface area contributed by atoms with E-state index in [1.165, 1.54) is 21.5 Å². The van der Waals surface area contributed by atoms with Crippen molar-refractivity contribution >= 4 is 47.8 Å². The van der Waals surface area contributed by atoms with E-state index >= 15 is 0 Å². The summed E-state index contributed by atoms with van der Waals surface area (Å²) in [5.74, 6) is 0.550. The van der Waals surface area contributed by atoms with Crippen LogP contribution in [-0.4, -0.2) is 0 Å². The zero-order valence-corrected chi connectivity index (χ0v) is 14.5. The van der Waals surface area contributed by atoms with Crippen molar-refractivity contribution in [3.63, 3.8) is 0 Å². The van der Waals surface area contributed by atoms with Gasteiger partial charge in [-0.05, 0) is 29.4 Å².